The summed E-state index contributed by atoms with van der Waals surface area (Å²) in [4.78, 5) is 0. The Kier molecular flexibility index (Phi) is 13.9. The van der Waals surface area contributed by atoms with Crippen LogP contribution in [0.5, 0.6) is 0 Å². The zero-order valence-corrected chi connectivity index (χ0v) is 16.3. The number of rotatable bonds is 2. The quantitative estimate of drug-likeness (QED) is 0.570. The first-order valence-electron chi connectivity index (χ1n) is 9.01. The fourth-order valence-electron chi connectivity index (χ4n) is 2.31. The van der Waals surface area contributed by atoms with Crippen molar-refractivity contribution in [3.8, 4) is 0 Å². The van der Waals surface area contributed by atoms with Crippen LogP contribution < -0.4 is 5.19 Å². The Balaban J connectivity index is 0.000000297. The Morgan fingerprint density at radius 3 is 1.81 bits per heavy atom. The Bertz CT molecular complexity index is 303. The molecule has 1 heterocycles. The smallest absolute Gasteiger partial charge is 0.0841 e. The van der Waals surface area contributed by atoms with Crippen molar-refractivity contribution >= 4 is 14.7 Å². The third kappa shape index (κ3) is 10.7. The van der Waals surface area contributed by atoms with Crippen LogP contribution in [0, 0.1) is 0 Å². The molecule has 0 radical (unpaired) electrons. The molecular weight excluding hydrogens is 272 g/mol. The second-order valence-corrected chi connectivity index (χ2v) is 7.76. The third-order valence-electron chi connectivity index (χ3n) is 3.30. The lowest BCUT2D eigenvalue weighted by Gasteiger charge is -2.00. The minimum atomic E-state index is 0.0990. The highest BCUT2D eigenvalue weighted by Gasteiger charge is 2.39. The van der Waals surface area contributed by atoms with E-state index in [0.717, 1.165) is 0 Å². The molecule has 0 spiro atoms. The van der Waals surface area contributed by atoms with Crippen molar-refractivity contribution in [2.24, 2.45) is 0 Å². The maximum Gasteiger partial charge on any atom is 0.0841 e. The zero-order valence-electron chi connectivity index (χ0n) is 14.9. The number of fused-ring (bicyclic) bond motifs is 1. The van der Waals surface area contributed by atoms with Crippen molar-refractivity contribution < 1.29 is 4.74 Å². The van der Waals surface area contributed by atoms with E-state index in [1.807, 2.05) is 13.8 Å². The van der Waals surface area contributed by atoms with Crippen molar-refractivity contribution in [2.75, 3.05) is 0 Å². The van der Waals surface area contributed by atoms with Gasteiger partial charge in [0, 0.05) is 0 Å². The monoisotopic (exact) mass is 308 g/mol. The molecular formula is C19H36OSi. The Labute approximate surface area is 135 Å². The average molecular weight is 309 g/mol. The first kappa shape index (κ1) is 20.4. The van der Waals surface area contributed by atoms with Gasteiger partial charge in [0.15, 0.2) is 0 Å². The molecule has 0 bridgehead atoms. The zero-order chi connectivity index (χ0) is 15.9. The van der Waals surface area contributed by atoms with Crippen LogP contribution in [-0.4, -0.2) is 21.7 Å². The second-order valence-electron chi connectivity index (χ2n) is 5.44. The fraction of sp³-hybridized carbons (Fsp3) is 0.684. The lowest BCUT2D eigenvalue weighted by Crippen LogP contribution is -2.10. The van der Waals surface area contributed by atoms with Crippen molar-refractivity contribution in [1.29, 1.82) is 0 Å². The van der Waals surface area contributed by atoms with Crippen LogP contribution in [0.25, 0.3) is 0 Å². The number of benzene rings is 1. The Morgan fingerprint density at radius 2 is 1.43 bits per heavy atom. The van der Waals surface area contributed by atoms with E-state index in [4.69, 9.17) is 4.74 Å². The Hall–Kier alpha value is -0.603. The van der Waals surface area contributed by atoms with Crippen LogP contribution in [0.2, 0.25) is 6.04 Å². The molecule has 2 heteroatoms. The van der Waals surface area contributed by atoms with Gasteiger partial charge in [0.1, 0.15) is 0 Å². The lowest BCUT2D eigenvalue weighted by atomic mass is 10.0. The van der Waals surface area contributed by atoms with Gasteiger partial charge < -0.3 is 4.74 Å². The van der Waals surface area contributed by atoms with E-state index in [1.54, 1.807) is 5.19 Å². The van der Waals surface area contributed by atoms with Crippen LogP contribution in [0.15, 0.2) is 30.3 Å². The molecule has 21 heavy (non-hydrogen) atoms. The molecule has 3 rings (SSSR count). The number of ether oxygens (including phenoxy) is 1. The van der Waals surface area contributed by atoms with E-state index in [9.17, 15) is 0 Å². The van der Waals surface area contributed by atoms with Gasteiger partial charge in [0.2, 0.25) is 0 Å². The molecule has 0 amide bonds. The van der Waals surface area contributed by atoms with Crippen molar-refractivity contribution in [3.63, 3.8) is 0 Å². The molecule has 1 nitrogen and oxygen atoms in total. The van der Waals surface area contributed by atoms with E-state index in [1.165, 1.54) is 38.1 Å². The topological polar surface area (TPSA) is 12.5 Å². The summed E-state index contributed by atoms with van der Waals surface area (Å²) in [6.45, 7) is 10.5. The first-order valence-corrected chi connectivity index (χ1v) is 10.7. The molecule has 1 saturated heterocycles. The van der Waals surface area contributed by atoms with E-state index in [0.29, 0.717) is 12.2 Å². The molecule has 1 saturated carbocycles. The second kappa shape index (κ2) is 14.3. The Morgan fingerprint density at radius 1 is 0.952 bits per heavy atom. The van der Waals surface area contributed by atoms with Gasteiger partial charge in [-0.15, -0.1) is 0 Å². The maximum absolute atomic E-state index is 5.28. The van der Waals surface area contributed by atoms with Gasteiger partial charge >= 0.3 is 0 Å². The van der Waals surface area contributed by atoms with Crippen LogP contribution in [0.1, 0.15) is 66.7 Å². The SMILES string of the molecule is C1CCC2OC2C1.CC.CCC.CC[SiH2]c1ccccc1. The normalized spacial score (nSPS) is 21.8. The summed E-state index contributed by atoms with van der Waals surface area (Å²) >= 11 is 0. The highest BCUT2D eigenvalue weighted by molar-refractivity contribution is 6.53. The average Bonchev–Trinajstić information content (AvgIpc) is 3.32. The minimum Gasteiger partial charge on any atom is -0.370 e. The minimum absolute atomic E-state index is 0.0990. The van der Waals surface area contributed by atoms with Gasteiger partial charge in [-0.1, -0.05) is 95.4 Å². The summed E-state index contributed by atoms with van der Waals surface area (Å²) in [6.07, 6.45) is 8.14. The highest BCUT2D eigenvalue weighted by Crippen LogP contribution is 2.35. The largest absolute Gasteiger partial charge is 0.370 e. The summed E-state index contributed by atoms with van der Waals surface area (Å²) in [5, 5.41) is 1.58. The molecule has 2 atom stereocenters. The summed E-state index contributed by atoms with van der Waals surface area (Å²) < 4.78 is 5.28. The number of epoxide rings is 1. The fourth-order valence-corrected chi connectivity index (χ4v) is 3.49. The standard InChI is InChI=1S/C8H12Si.C6H10O.C3H8.C2H6/c1-2-9-8-6-4-3-5-7-8;1-2-4-6-5(3-1)7-6;1-3-2;1-2/h3-7H,2,9H2,1H3;5-6H,1-4H2;3H2,1-2H3;1-2H3. The van der Waals surface area contributed by atoms with Gasteiger partial charge in [-0.25, -0.2) is 0 Å². The first-order chi connectivity index (χ1) is 10.3. The predicted octanol–water partition coefficient (Wildman–Crippen LogP) is 4.69. The van der Waals surface area contributed by atoms with Crippen LogP contribution in [0.4, 0.5) is 0 Å². The van der Waals surface area contributed by atoms with Gasteiger partial charge in [-0.05, 0) is 12.8 Å². The number of hydrogen-bond acceptors (Lipinski definition) is 1. The molecule has 122 valence electrons. The van der Waals surface area contributed by atoms with Gasteiger partial charge in [0.05, 0.1) is 21.7 Å². The van der Waals surface area contributed by atoms with Gasteiger partial charge in [0.25, 0.3) is 0 Å². The van der Waals surface area contributed by atoms with Crippen molar-refractivity contribution in [3.05, 3.63) is 30.3 Å². The maximum atomic E-state index is 5.28. The molecule has 2 fully saturated rings. The van der Waals surface area contributed by atoms with Gasteiger partial charge in [-0.2, -0.15) is 0 Å². The van der Waals surface area contributed by atoms with E-state index >= 15 is 0 Å². The summed E-state index contributed by atoms with van der Waals surface area (Å²) in [5.74, 6) is 0. The van der Waals surface area contributed by atoms with Gasteiger partial charge in [-0.3, -0.25) is 0 Å². The van der Waals surface area contributed by atoms with Crippen LogP contribution >= 0.6 is 0 Å². The lowest BCUT2D eigenvalue weighted by molar-refractivity contribution is 0.373. The summed E-state index contributed by atoms with van der Waals surface area (Å²) in [6, 6.07) is 12.2. The molecule has 1 aromatic carbocycles. The van der Waals surface area contributed by atoms with Crippen LogP contribution in [0.3, 0.4) is 0 Å². The summed E-state index contributed by atoms with van der Waals surface area (Å²) in [7, 11) is 0.0990. The molecule has 1 aliphatic carbocycles. The number of hydrogen-bond donors (Lipinski definition) is 0. The van der Waals surface area contributed by atoms with Crippen LogP contribution in [-0.2, 0) is 4.74 Å². The van der Waals surface area contributed by atoms with Crippen molar-refractivity contribution in [2.45, 2.75) is 85.0 Å². The highest BCUT2D eigenvalue weighted by atomic mass is 28.2. The van der Waals surface area contributed by atoms with E-state index in [-0.39, 0.29) is 9.52 Å². The summed E-state index contributed by atoms with van der Waals surface area (Å²) in [5.41, 5.74) is 0. The molecule has 2 unspecified atom stereocenters. The van der Waals surface area contributed by atoms with E-state index < -0.39 is 0 Å². The molecule has 1 aromatic rings. The molecule has 0 N–H and O–H groups in total. The van der Waals surface area contributed by atoms with Crippen molar-refractivity contribution in [1.82, 2.24) is 0 Å². The molecule has 0 aromatic heterocycles. The van der Waals surface area contributed by atoms with E-state index in [2.05, 4.69) is 51.1 Å². The third-order valence-corrected chi connectivity index (χ3v) is 4.85. The molecule has 2 aliphatic rings. The molecule has 1 aliphatic heterocycles. The predicted molar refractivity (Wildman–Crippen MR) is 99.5 cm³/mol.